The van der Waals surface area contributed by atoms with Gasteiger partial charge in [0.2, 0.25) is 5.91 Å². The molecule has 9 nitrogen and oxygen atoms in total. The van der Waals surface area contributed by atoms with Gasteiger partial charge in [0, 0.05) is 18.7 Å². The van der Waals surface area contributed by atoms with Gasteiger partial charge >= 0.3 is 12.2 Å². The summed E-state index contributed by atoms with van der Waals surface area (Å²) in [6.45, 7) is -0.252. The van der Waals surface area contributed by atoms with Crippen LogP contribution in [0.1, 0.15) is 48.0 Å². The number of rotatable bonds is 6. The van der Waals surface area contributed by atoms with Crippen molar-refractivity contribution in [3.05, 3.63) is 47.9 Å². The van der Waals surface area contributed by atoms with Gasteiger partial charge in [-0.25, -0.2) is 4.79 Å². The zero-order chi connectivity index (χ0) is 24.5. The lowest BCUT2D eigenvalue weighted by atomic mass is 9.98. The molecule has 2 fully saturated rings. The average molecular weight is 478 g/mol. The molecule has 1 aromatic carbocycles. The molecular weight excluding hydrogens is 457 g/mol. The Balaban J connectivity index is 1.42. The number of furan rings is 1. The van der Waals surface area contributed by atoms with E-state index in [-0.39, 0.29) is 24.2 Å². The standard InChI is InChI=1S/C22H21F3N4O5/c23-22(24,25)15-11-14(26-18(31)13-6-10-34-12-13)3-4-16(15)27-17(30)5-9-29-19(32)21(28-20(29)33)7-1-2-8-21/h3-4,6,10-12H,1-2,5,7-9H2,(H,26,31)(H,27,30)(H,28,33). The van der Waals surface area contributed by atoms with Gasteiger partial charge in [-0.1, -0.05) is 12.8 Å². The van der Waals surface area contributed by atoms with Gasteiger partial charge in [-0.15, -0.1) is 0 Å². The maximum atomic E-state index is 13.6. The van der Waals surface area contributed by atoms with E-state index in [1.165, 1.54) is 18.4 Å². The Bertz CT molecular complexity index is 1120. The smallest absolute Gasteiger partial charge is 0.418 e. The van der Waals surface area contributed by atoms with Crippen LogP contribution in [0, 0.1) is 0 Å². The highest BCUT2D eigenvalue weighted by Gasteiger charge is 2.52. The minimum absolute atomic E-state index is 0.127. The normalized spacial score (nSPS) is 17.2. The Morgan fingerprint density at radius 1 is 1.12 bits per heavy atom. The van der Waals surface area contributed by atoms with E-state index in [9.17, 15) is 32.3 Å². The number of carbonyl (C=O) groups is 4. The number of anilines is 2. The molecular formula is C22H21F3N4O5. The summed E-state index contributed by atoms with van der Waals surface area (Å²) in [5, 5.41) is 7.20. The molecule has 12 heteroatoms. The SMILES string of the molecule is O=C(CCN1C(=O)NC2(CCCC2)C1=O)Nc1ccc(NC(=O)c2ccoc2)cc1C(F)(F)F. The van der Waals surface area contributed by atoms with Crippen molar-refractivity contribution in [2.45, 2.75) is 43.8 Å². The van der Waals surface area contributed by atoms with Crippen molar-refractivity contribution < 1.29 is 36.8 Å². The molecule has 1 aliphatic heterocycles. The van der Waals surface area contributed by atoms with Gasteiger partial charge in [-0.3, -0.25) is 19.3 Å². The molecule has 2 aromatic rings. The highest BCUT2D eigenvalue weighted by Crippen LogP contribution is 2.37. The number of alkyl halides is 3. The van der Waals surface area contributed by atoms with Crippen molar-refractivity contribution in [1.82, 2.24) is 10.2 Å². The van der Waals surface area contributed by atoms with Crippen LogP contribution >= 0.6 is 0 Å². The second-order valence-corrected chi connectivity index (χ2v) is 8.20. The number of hydrogen-bond acceptors (Lipinski definition) is 5. The number of amides is 5. The van der Waals surface area contributed by atoms with Crippen molar-refractivity contribution in [1.29, 1.82) is 0 Å². The van der Waals surface area contributed by atoms with Crippen molar-refractivity contribution in [3.63, 3.8) is 0 Å². The average Bonchev–Trinajstić information content (AvgIpc) is 3.50. The molecule has 0 atom stereocenters. The molecule has 2 heterocycles. The minimum atomic E-state index is -4.82. The van der Waals surface area contributed by atoms with Crippen LogP contribution < -0.4 is 16.0 Å². The molecule has 34 heavy (non-hydrogen) atoms. The third kappa shape index (κ3) is 4.61. The van der Waals surface area contributed by atoms with E-state index >= 15 is 0 Å². The molecule has 3 N–H and O–H groups in total. The van der Waals surface area contributed by atoms with E-state index in [4.69, 9.17) is 4.42 Å². The quantitative estimate of drug-likeness (QED) is 0.547. The topological polar surface area (TPSA) is 121 Å². The summed E-state index contributed by atoms with van der Waals surface area (Å²) in [4.78, 5) is 50.2. The fourth-order valence-corrected chi connectivity index (χ4v) is 4.19. The van der Waals surface area contributed by atoms with Crippen LogP contribution in [0.4, 0.5) is 29.3 Å². The first-order valence-electron chi connectivity index (χ1n) is 10.6. The number of carbonyl (C=O) groups excluding carboxylic acids is 4. The van der Waals surface area contributed by atoms with Gasteiger partial charge < -0.3 is 20.4 Å². The van der Waals surface area contributed by atoms with Crippen LogP contribution in [-0.2, 0) is 15.8 Å². The Labute approximate surface area is 191 Å². The van der Waals surface area contributed by atoms with Crippen molar-refractivity contribution in [2.75, 3.05) is 17.2 Å². The Morgan fingerprint density at radius 3 is 2.50 bits per heavy atom. The van der Waals surface area contributed by atoms with Gasteiger partial charge in [0.05, 0.1) is 23.1 Å². The van der Waals surface area contributed by atoms with E-state index in [2.05, 4.69) is 16.0 Å². The van der Waals surface area contributed by atoms with E-state index < -0.39 is 46.7 Å². The number of nitrogens with zero attached hydrogens (tertiary/aromatic N) is 1. The van der Waals surface area contributed by atoms with Gasteiger partial charge in [0.15, 0.2) is 0 Å². The monoisotopic (exact) mass is 478 g/mol. The highest BCUT2D eigenvalue weighted by molar-refractivity contribution is 6.07. The van der Waals surface area contributed by atoms with E-state index in [1.54, 1.807) is 0 Å². The van der Waals surface area contributed by atoms with Crippen LogP contribution in [0.5, 0.6) is 0 Å². The zero-order valence-electron chi connectivity index (χ0n) is 17.8. The zero-order valence-corrected chi connectivity index (χ0v) is 17.8. The molecule has 2 aliphatic rings. The summed E-state index contributed by atoms with van der Waals surface area (Å²) in [5.41, 5.74) is -2.59. The molecule has 1 aromatic heterocycles. The maximum Gasteiger partial charge on any atom is 0.418 e. The predicted octanol–water partition coefficient (Wildman–Crippen LogP) is 3.74. The fraction of sp³-hybridized carbons (Fsp3) is 0.364. The van der Waals surface area contributed by atoms with E-state index in [1.807, 2.05) is 0 Å². The Kier molecular flexibility index (Phi) is 6.07. The second-order valence-electron chi connectivity index (χ2n) is 8.20. The Morgan fingerprint density at radius 2 is 1.85 bits per heavy atom. The molecule has 4 rings (SSSR count). The second kappa shape index (κ2) is 8.84. The third-order valence-corrected chi connectivity index (χ3v) is 5.91. The number of benzene rings is 1. The van der Waals surface area contributed by atoms with E-state index in [0.29, 0.717) is 18.9 Å². The number of nitrogens with one attached hydrogen (secondary N) is 3. The Hall–Kier alpha value is -3.83. The van der Waals surface area contributed by atoms with Crippen LogP contribution in [0.15, 0.2) is 41.2 Å². The molecule has 1 saturated carbocycles. The first-order valence-corrected chi connectivity index (χ1v) is 10.6. The maximum absolute atomic E-state index is 13.6. The van der Waals surface area contributed by atoms with Gasteiger partial charge in [0.25, 0.3) is 11.8 Å². The van der Waals surface area contributed by atoms with Gasteiger partial charge in [0.1, 0.15) is 11.8 Å². The minimum Gasteiger partial charge on any atom is -0.472 e. The van der Waals surface area contributed by atoms with Crippen molar-refractivity contribution in [2.24, 2.45) is 0 Å². The van der Waals surface area contributed by atoms with Crippen LogP contribution in [0.25, 0.3) is 0 Å². The van der Waals surface area contributed by atoms with Gasteiger partial charge in [-0.05, 0) is 37.1 Å². The summed E-state index contributed by atoms with van der Waals surface area (Å²) < 4.78 is 45.6. The lowest BCUT2D eigenvalue weighted by Gasteiger charge is -2.20. The fourth-order valence-electron chi connectivity index (χ4n) is 4.19. The number of urea groups is 1. The predicted molar refractivity (Wildman–Crippen MR) is 113 cm³/mol. The van der Waals surface area contributed by atoms with Crippen LogP contribution in [-0.4, -0.2) is 40.7 Å². The number of imide groups is 1. The van der Waals surface area contributed by atoms with Gasteiger partial charge in [-0.2, -0.15) is 13.2 Å². The summed E-state index contributed by atoms with van der Waals surface area (Å²) in [7, 11) is 0. The first kappa shape index (κ1) is 23.3. The largest absolute Gasteiger partial charge is 0.472 e. The van der Waals surface area contributed by atoms with Crippen molar-refractivity contribution >= 4 is 35.1 Å². The molecule has 0 bridgehead atoms. The summed E-state index contributed by atoms with van der Waals surface area (Å²) in [5.74, 6) is -1.86. The molecule has 5 amide bonds. The van der Waals surface area contributed by atoms with Crippen LogP contribution in [0.3, 0.4) is 0 Å². The molecule has 1 aliphatic carbocycles. The third-order valence-electron chi connectivity index (χ3n) is 5.91. The summed E-state index contributed by atoms with van der Waals surface area (Å²) in [6, 6.07) is 3.69. The van der Waals surface area contributed by atoms with Crippen LogP contribution in [0.2, 0.25) is 0 Å². The number of halogens is 3. The molecule has 1 spiro atoms. The highest BCUT2D eigenvalue weighted by atomic mass is 19.4. The summed E-state index contributed by atoms with van der Waals surface area (Å²) in [6.07, 6.45) is -0.129. The van der Waals surface area contributed by atoms with E-state index in [0.717, 1.165) is 30.1 Å². The number of hydrogen-bond donors (Lipinski definition) is 3. The van der Waals surface area contributed by atoms with Crippen molar-refractivity contribution in [3.8, 4) is 0 Å². The lowest BCUT2D eigenvalue weighted by Crippen LogP contribution is -2.44. The molecule has 180 valence electrons. The summed E-state index contributed by atoms with van der Waals surface area (Å²) >= 11 is 0. The molecule has 0 unspecified atom stereocenters. The molecule has 0 radical (unpaired) electrons. The molecule has 1 saturated heterocycles. The lowest BCUT2D eigenvalue weighted by molar-refractivity contribution is -0.137. The first-order chi connectivity index (χ1) is 16.1.